The van der Waals surface area contributed by atoms with Crippen LogP contribution < -0.4 is 15.4 Å². The third-order valence-electron chi connectivity index (χ3n) is 4.32. The van der Waals surface area contributed by atoms with Crippen LogP contribution >= 0.6 is 0 Å². The van der Waals surface area contributed by atoms with Crippen molar-refractivity contribution in [3.63, 3.8) is 0 Å². The van der Waals surface area contributed by atoms with Gasteiger partial charge in [0.2, 0.25) is 0 Å². The first-order valence-corrected chi connectivity index (χ1v) is 8.64. The van der Waals surface area contributed by atoms with Crippen molar-refractivity contribution in [2.45, 2.75) is 20.8 Å². The van der Waals surface area contributed by atoms with Crippen molar-refractivity contribution in [2.75, 3.05) is 18.5 Å². The van der Waals surface area contributed by atoms with Gasteiger partial charge in [-0.2, -0.15) is 0 Å². The smallest absolute Gasteiger partial charge is 0.319 e. The Labute approximate surface area is 153 Å². The number of para-hydroxylation sites is 1. The average molecular weight is 349 g/mol. The third-order valence-corrected chi connectivity index (χ3v) is 4.32. The summed E-state index contributed by atoms with van der Waals surface area (Å²) in [5, 5.41) is 6.64. The lowest BCUT2D eigenvalue weighted by molar-refractivity contribution is 0.247. The van der Waals surface area contributed by atoms with E-state index in [1.54, 1.807) is 6.20 Å². The minimum Gasteiger partial charge on any atom is -0.491 e. The zero-order valence-corrected chi connectivity index (χ0v) is 15.3. The highest BCUT2D eigenvalue weighted by Gasteiger charge is 2.07. The van der Waals surface area contributed by atoms with Gasteiger partial charge in [-0.15, -0.1) is 0 Å². The molecule has 1 heterocycles. The van der Waals surface area contributed by atoms with Gasteiger partial charge < -0.3 is 15.4 Å². The number of aromatic nitrogens is 1. The van der Waals surface area contributed by atoms with Crippen LogP contribution in [0.1, 0.15) is 16.7 Å². The van der Waals surface area contributed by atoms with E-state index in [9.17, 15) is 4.79 Å². The molecule has 0 unspecified atom stereocenters. The lowest BCUT2D eigenvalue weighted by Gasteiger charge is -2.13. The van der Waals surface area contributed by atoms with E-state index >= 15 is 0 Å². The molecule has 0 bridgehead atoms. The molecule has 134 valence electrons. The number of pyridine rings is 1. The van der Waals surface area contributed by atoms with Gasteiger partial charge in [0.15, 0.2) is 0 Å². The van der Waals surface area contributed by atoms with E-state index < -0.39 is 0 Å². The van der Waals surface area contributed by atoms with Crippen LogP contribution in [0.3, 0.4) is 0 Å². The van der Waals surface area contributed by atoms with Gasteiger partial charge in [-0.1, -0.05) is 24.3 Å². The maximum absolute atomic E-state index is 12.1. The molecule has 2 aromatic carbocycles. The zero-order chi connectivity index (χ0) is 18.5. The monoisotopic (exact) mass is 349 g/mol. The maximum atomic E-state index is 12.1. The number of nitrogens with zero attached hydrogens (tertiary/aromatic N) is 1. The number of anilines is 1. The zero-order valence-electron chi connectivity index (χ0n) is 15.3. The summed E-state index contributed by atoms with van der Waals surface area (Å²) in [5.41, 5.74) is 4.99. The summed E-state index contributed by atoms with van der Waals surface area (Å²) in [4.78, 5) is 16.5. The van der Waals surface area contributed by atoms with Gasteiger partial charge in [-0.3, -0.25) is 4.98 Å². The summed E-state index contributed by atoms with van der Waals surface area (Å²) >= 11 is 0. The Morgan fingerprint density at radius 1 is 1.04 bits per heavy atom. The third kappa shape index (κ3) is 4.11. The van der Waals surface area contributed by atoms with Crippen molar-refractivity contribution in [1.82, 2.24) is 10.3 Å². The van der Waals surface area contributed by atoms with E-state index in [-0.39, 0.29) is 6.03 Å². The quantitative estimate of drug-likeness (QED) is 0.673. The van der Waals surface area contributed by atoms with Crippen LogP contribution in [0.2, 0.25) is 0 Å². The number of carbonyl (C=O) groups excluding carboxylic acids is 1. The summed E-state index contributed by atoms with van der Waals surface area (Å²) in [6, 6.07) is 13.4. The molecule has 0 saturated heterocycles. The van der Waals surface area contributed by atoms with Crippen LogP contribution in [0.25, 0.3) is 10.9 Å². The highest BCUT2D eigenvalue weighted by molar-refractivity contribution is 5.99. The van der Waals surface area contributed by atoms with Gasteiger partial charge >= 0.3 is 6.03 Å². The standard InChI is InChI=1S/C21H23N3O2/c1-14-12-16(3)19(13-15(14)2)26-11-10-23-21(25)24-18-8-4-6-17-7-5-9-22-20(17)18/h4-9,12-13H,10-11H2,1-3H3,(H2,23,24,25). The number of fused-ring (bicyclic) bond motifs is 1. The molecule has 0 aliphatic rings. The minimum absolute atomic E-state index is 0.274. The number of hydrogen-bond acceptors (Lipinski definition) is 3. The number of rotatable bonds is 5. The molecule has 0 aliphatic heterocycles. The second kappa shape index (κ2) is 7.87. The Bertz CT molecular complexity index is 932. The second-order valence-electron chi connectivity index (χ2n) is 6.31. The Kier molecular flexibility index (Phi) is 5.37. The summed E-state index contributed by atoms with van der Waals surface area (Å²) in [6.45, 7) is 6.99. The normalized spacial score (nSPS) is 10.6. The predicted molar refractivity (Wildman–Crippen MR) is 105 cm³/mol. The van der Waals surface area contributed by atoms with Crippen molar-refractivity contribution in [3.05, 3.63) is 65.4 Å². The molecule has 2 N–H and O–H groups in total. The van der Waals surface area contributed by atoms with Crippen molar-refractivity contribution in [2.24, 2.45) is 0 Å². The molecule has 26 heavy (non-hydrogen) atoms. The average Bonchev–Trinajstić information content (AvgIpc) is 2.63. The van der Waals surface area contributed by atoms with Gasteiger partial charge in [-0.05, 0) is 55.7 Å². The molecule has 5 heteroatoms. The highest BCUT2D eigenvalue weighted by Crippen LogP contribution is 2.22. The van der Waals surface area contributed by atoms with Crippen LogP contribution in [0, 0.1) is 20.8 Å². The predicted octanol–water partition coefficient (Wildman–Crippen LogP) is 4.36. The number of nitrogens with one attached hydrogen (secondary N) is 2. The molecular formula is C21H23N3O2. The highest BCUT2D eigenvalue weighted by atomic mass is 16.5. The molecular weight excluding hydrogens is 326 g/mol. The van der Waals surface area contributed by atoms with Crippen molar-refractivity contribution in [3.8, 4) is 5.75 Å². The fraction of sp³-hybridized carbons (Fsp3) is 0.238. The summed E-state index contributed by atoms with van der Waals surface area (Å²) in [5.74, 6) is 0.855. The maximum Gasteiger partial charge on any atom is 0.319 e. The number of benzene rings is 2. The van der Waals surface area contributed by atoms with Crippen molar-refractivity contribution >= 4 is 22.6 Å². The van der Waals surface area contributed by atoms with Crippen molar-refractivity contribution in [1.29, 1.82) is 0 Å². The lowest BCUT2D eigenvalue weighted by atomic mass is 10.1. The molecule has 2 amide bonds. The van der Waals surface area contributed by atoms with Gasteiger partial charge in [0, 0.05) is 11.6 Å². The molecule has 0 radical (unpaired) electrons. The topological polar surface area (TPSA) is 63.2 Å². The lowest BCUT2D eigenvalue weighted by Crippen LogP contribution is -2.32. The van der Waals surface area contributed by atoms with E-state index in [0.717, 1.165) is 22.2 Å². The van der Waals surface area contributed by atoms with E-state index in [1.807, 2.05) is 43.3 Å². The number of hydrogen-bond donors (Lipinski definition) is 2. The number of ether oxygens (including phenoxy) is 1. The Balaban J connectivity index is 1.52. The second-order valence-corrected chi connectivity index (χ2v) is 6.31. The van der Waals surface area contributed by atoms with Crippen LogP contribution in [0.15, 0.2) is 48.7 Å². The largest absolute Gasteiger partial charge is 0.491 e. The minimum atomic E-state index is -0.274. The first-order chi connectivity index (χ1) is 12.5. The summed E-state index contributed by atoms with van der Waals surface area (Å²) in [6.07, 6.45) is 1.71. The molecule has 0 fully saturated rings. The Hall–Kier alpha value is -3.08. The number of carbonyl (C=O) groups is 1. The Morgan fingerprint density at radius 2 is 1.81 bits per heavy atom. The molecule has 0 aliphatic carbocycles. The number of urea groups is 1. The fourth-order valence-corrected chi connectivity index (χ4v) is 2.79. The van der Waals surface area contributed by atoms with Crippen LogP contribution in [-0.2, 0) is 0 Å². The van der Waals surface area contributed by atoms with E-state index in [0.29, 0.717) is 18.8 Å². The molecule has 5 nitrogen and oxygen atoms in total. The Morgan fingerprint density at radius 3 is 2.65 bits per heavy atom. The van der Waals surface area contributed by atoms with Gasteiger partial charge in [-0.25, -0.2) is 4.79 Å². The van der Waals surface area contributed by atoms with Crippen molar-refractivity contribution < 1.29 is 9.53 Å². The molecule has 3 aromatic rings. The SMILES string of the molecule is Cc1cc(C)c(OCCNC(=O)Nc2cccc3cccnc23)cc1C. The van der Waals surface area contributed by atoms with Gasteiger partial charge in [0.05, 0.1) is 17.7 Å². The molecule has 0 saturated carbocycles. The van der Waals surface area contributed by atoms with Crippen LogP contribution in [0.4, 0.5) is 10.5 Å². The van der Waals surface area contributed by atoms with Gasteiger partial charge in [0.25, 0.3) is 0 Å². The van der Waals surface area contributed by atoms with Crippen LogP contribution in [0.5, 0.6) is 5.75 Å². The van der Waals surface area contributed by atoms with E-state index in [4.69, 9.17) is 4.74 Å². The van der Waals surface area contributed by atoms with Gasteiger partial charge in [0.1, 0.15) is 12.4 Å². The molecule has 3 rings (SSSR count). The number of amides is 2. The fourth-order valence-electron chi connectivity index (χ4n) is 2.79. The molecule has 1 aromatic heterocycles. The van der Waals surface area contributed by atoms with E-state index in [2.05, 4.69) is 35.5 Å². The molecule has 0 spiro atoms. The van der Waals surface area contributed by atoms with Crippen LogP contribution in [-0.4, -0.2) is 24.2 Å². The van der Waals surface area contributed by atoms with E-state index in [1.165, 1.54) is 11.1 Å². The number of aryl methyl sites for hydroxylation is 3. The molecule has 0 atom stereocenters. The first kappa shape index (κ1) is 17.7. The summed E-state index contributed by atoms with van der Waals surface area (Å²) in [7, 11) is 0. The summed E-state index contributed by atoms with van der Waals surface area (Å²) < 4.78 is 5.79. The first-order valence-electron chi connectivity index (χ1n) is 8.64.